The lowest BCUT2D eigenvalue weighted by atomic mass is 10.1. The number of ether oxygens (including phenoxy) is 1. The first-order valence-corrected chi connectivity index (χ1v) is 7.70. The molecular formula is C14H24N2OS. The zero-order valence-electron chi connectivity index (χ0n) is 11.8. The van der Waals surface area contributed by atoms with Gasteiger partial charge in [0.1, 0.15) is 0 Å². The summed E-state index contributed by atoms with van der Waals surface area (Å²) < 4.78 is 5.47. The summed E-state index contributed by atoms with van der Waals surface area (Å²) in [4.78, 5) is 6.27. The molecule has 1 unspecified atom stereocenters. The molecule has 0 saturated carbocycles. The molecule has 0 aliphatic carbocycles. The predicted octanol–water partition coefficient (Wildman–Crippen LogP) is 3.27. The van der Waals surface area contributed by atoms with Gasteiger partial charge in [-0.1, -0.05) is 27.7 Å². The second-order valence-corrected chi connectivity index (χ2v) is 6.73. The van der Waals surface area contributed by atoms with Crippen molar-refractivity contribution in [1.29, 1.82) is 0 Å². The maximum atomic E-state index is 5.47. The first-order chi connectivity index (χ1) is 8.58. The molecule has 1 atom stereocenters. The molecule has 0 aromatic carbocycles. The van der Waals surface area contributed by atoms with Crippen LogP contribution in [0.25, 0.3) is 0 Å². The van der Waals surface area contributed by atoms with Crippen LogP contribution in [-0.2, 0) is 11.3 Å². The minimum Gasteiger partial charge on any atom is -0.381 e. The topological polar surface area (TPSA) is 34.1 Å². The van der Waals surface area contributed by atoms with Gasteiger partial charge in [0, 0.05) is 30.0 Å². The van der Waals surface area contributed by atoms with Crippen molar-refractivity contribution in [2.24, 2.45) is 0 Å². The van der Waals surface area contributed by atoms with E-state index in [1.54, 1.807) is 0 Å². The van der Waals surface area contributed by atoms with Crippen LogP contribution in [0.4, 0.5) is 0 Å². The molecule has 0 radical (unpaired) electrons. The van der Waals surface area contributed by atoms with Crippen LogP contribution in [0.1, 0.15) is 61.5 Å². The van der Waals surface area contributed by atoms with Gasteiger partial charge in [-0.2, -0.15) is 0 Å². The van der Waals surface area contributed by atoms with Gasteiger partial charge in [-0.15, -0.1) is 11.3 Å². The van der Waals surface area contributed by atoms with Gasteiger partial charge in [0.05, 0.1) is 17.3 Å². The number of nitrogens with zero attached hydrogens (tertiary/aromatic N) is 1. The Morgan fingerprint density at radius 3 is 2.72 bits per heavy atom. The van der Waals surface area contributed by atoms with Crippen molar-refractivity contribution in [2.75, 3.05) is 13.2 Å². The van der Waals surface area contributed by atoms with Crippen LogP contribution in [0.2, 0.25) is 0 Å². The maximum Gasteiger partial charge on any atom is 0.0986 e. The Morgan fingerprint density at radius 2 is 2.17 bits per heavy atom. The molecule has 1 aromatic rings. The lowest BCUT2D eigenvalue weighted by molar-refractivity contribution is 0.194. The summed E-state index contributed by atoms with van der Waals surface area (Å²) in [6, 6.07) is 0.519. The van der Waals surface area contributed by atoms with Crippen molar-refractivity contribution >= 4 is 11.3 Å². The first kappa shape index (κ1) is 14.0. The molecular weight excluding hydrogens is 244 g/mol. The fraction of sp³-hybridized carbons (Fsp3) is 0.786. The van der Waals surface area contributed by atoms with Gasteiger partial charge in [-0.05, 0) is 12.3 Å². The summed E-state index contributed by atoms with van der Waals surface area (Å²) in [6.07, 6.45) is 1.13. The Labute approximate surface area is 114 Å². The molecule has 3 nitrogen and oxygen atoms in total. The first-order valence-electron chi connectivity index (χ1n) is 6.88. The van der Waals surface area contributed by atoms with Crippen molar-refractivity contribution in [2.45, 2.75) is 58.5 Å². The number of nitrogens with one attached hydrogen (secondary N) is 1. The third kappa shape index (κ3) is 3.31. The van der Waals surface area contributed by atoms with Crippen LogP contribution in [-0.4, -0.2) is 24.2 Å². The van der Waals surface area contributed by atoms with Crippen molar-refractivity contribution in [1.82, 2.24) is 10.3 Å². The molecule has 1 saturated heterocycles. The average molecular weight is 268 g/mol. The van der Waals surface area contributed by atoms with E-state index in [9.17, 15) is 0 Å². The van der Waals surface area contributed by atoms with Crippen molar-refractivity contribution in [3.05, 3.63) is 15.6 Å². The Bertz CT molecular complexity index is 381. The highest BCUT2D eigenvalue weighted by Gasteiger charge is 2.24. The van der Waals surface area contributed by atoms with Gasteiger partial charge in [-0.3, -0.25) is 0 Å². The summed E-state index contributed by atoms with van der Waals surface area (Å²) >= 11 is 1.87. The van der Waals surface area contributed by atoms with E-state index in [1.807, 2.05) is 11.3 Å². The highest BCUT2D eigenvalue weighted by atomic mass is 32.1. The second kappa shape index (κ2) is 6.13. The van der Waals surface area contributed by atoms with Crippen molar-refractivity contribution in [3.63, 3.8) is 0 Å². The van der Waals surface area contributed by atoms with E-state index in [1.165, 1.54) is 15.6 Å². The average Bonchev–Trinajstić information content (AvgIpc) is 2.94. The Kier molecular flexibility index (Phi) is 4.76. The molecule has 0 amide bonds. The minimum absolute atomic E-state index is 0.501. The quantitative estimate of drug-likeness (QED) is 0.890. The number of hydrogen-bond acceptors (Lipinski definition) is 4. The Hall–Kier alpha value is -0.450. The maximum absolute atomic E-state index is 5.47. The van der Waals surface area contributed by atoms with Crippen LogP contribution in [0, 0.1) is 0 Å². The SMILES string of the molecule is CC(C)NCc1sc(C2CCOC2)nc1C(C)C. The van der Waals surface area contributed by atoms with Gasteiger partial charge >= 0.3 is 0 Å². The van der Waals surface area contributed by atoms with E-state index in [0.29, 0.717) is 17.9 Å². The third-order valence-corrected chi connectivity index (χ3v) is 4.47. The third-order valence-electron chi connectivity index (χ3n) is 3.24. The zero-order chi connectivity index (χ0) is 13.1. The summed E-state index contributed by atoms with van der Waals surface area (Å²) in [5.74, 6) is 1.03. The van der Waals surface area contributed by atoms with E-state index in [2.05, 4.69) is 33.0 Å². The monoisotopic (exact) mass is 268 g/mol. The van der Waals surface area contributed by atoms with Gasteiger partial charge in [-0.25, -0.2) is 4.98 Å². The van der Waals surface area contributed by atoms with E-state index in [0.717, 1.165) is 26.2 Å². The molecule has 1 aromatic heterocycles. The number of thiazole rings is 1. The smallest absolute Gasteiger partial charge is 0.0986 e. The molecule has 102 valence electrons. The molecule has 1 aliphatic rings. The van der Waals surface area contributed by atoms with Gasteiger partial charge in [0.2, 0.25) is 0 Å². The van der Waals surface area contributed by atoms with Gasteiger partial charge < -0.3 is 10.1 Å². The van der Waals surface area contributed by atoms with E-state index < -0.39 is 0 Å². The number of hydrogen-bond donors (Lipinski definition) is 1. The zero-order valence-corrected chi connectivity index (χ0v) is 12.6. The molecule has 1 N–H and O–H groups in total. The highest BCUT2D eigenvalue weighted by Crippen LogP contribution is 2.33. The molecule has 0 spiro atoms. The fourth-order valence-electron chi connectivity index (χ4n) is 2.16. The van der Waals surface area contributed by atoms with Crippen LogP contribution < -0.4 is 5.32 Å². The summed E-state index contributed by atoms with van der Waals surface area (Å²) in [7, 11) is 0. The summed E-state index contributed by atoms with van der Waals surface area (Å²) in [5.41, 5.74) is 1.27. The predicted molar refractivity (Wildman–Crippen MR) is 76.4 cm³/mol. The Morgan fingerprint density at radius 1 is 1.39 bits per heavy atom. The van der Waals surface area contributed by atoms with Crippen LogP contribution in [0.3, 0.4) is 0 Å². The van der Waals surface area contributed by atoms with E-state index in [-0.39, 0.29) is 0 Å². The molecule has 2 rings (SSSR count). The van der Waals surface area contributed by atoms with Crippen LogP contribution in [0.15, 0.2) is 0 Å². The minimum atomic E-state index is 0.501. The lowest BCUT2D eigenvalue weighted by Crippen LogP contribution is -2.22. The Balaban J connectivity index is 2.15. The van der Waals surface area contributed by atoms with E-state index >= 15 is 0 Å². The number of rotatable bonds is 5. The highest BCUT2D eigenvalue weighted by molar-refractivity contribution is 7.11. The molecule has 0 bridgehead atoms. The lowest BCUT2D eigenvalue weighted by Gasteiger charge is -2.09. The second-order valence-electron chi connectivity index (χ2n) is 5.61. The summed E-state index contributed by atoms with van der Waals surface area (Å²) in [6.45, 7) is 11.5. The number of aromatic nitrogens is 1. The van der Waals surface area contributed by atoms with Crippen LogP contribution >= 0.6 is 11.3 Å². The molecule has 1 fully saturated rings. The van der Waals surface area contributed by atoms with Gasteiger partial charge in [0.25, 0.3) is 0 Å². The van der Waals surface area contributed by atoms with Gasteiger partial charge in [0.15, 0.2) is 0 Å². The normalized spacial score (nSPS) is 20.2. The van der Waals surface area contributed by atoms with E-state index in [4.69, 9.17) is 9.72 Å². The van der Waals surface area contributed by atoms with Crippen LogP contribution in [0.5, 0.6) is 0 Å². The largest absolute Gasteiger partial charge is 0.381 e. The standard InChI is InChI=1S/C14H24N2OS/c1-9(2)13-12(7-15-10(3)4)18-14(16-13)11-5-6-17-8-11/h9-11,15H,5-8H2,1-4H3. The molecule has 18 heavy (non-hydrogen) atoms. The summed E-state index contributed by atoms with van der Waals surface area (Å²) in [5, 5.41) is 4.77. The van der Waals surface area contributed by atoms with Crippen molar-refractivity contribution < 1.29 is 4.74 Å². The molecule has 2 heterocycles. The fourth-order valence-corrected chi connectivity index (χ4v) is 3.45. The van der Waals surface area contributed by atoms with Crippen molar-refractivity contribution in [3.8, 4) is 0 Å². The molecule has 4 heteroatoms. The molecule has 1 aliphatic heterocycles.